The lowest BCUT2D eigenvalue weighted by molar-refractivity contribution is -0.116. The van der Waals surface area contributed by atoms with Crippen molar-refractivity contribution in [2.24, 2.45) is 0 Å². The van der Waals surface area contributed by atoms with E-state index in [1.54, 1.807) is 18.5 Å². The number of benzene rings is 1. The summed E-state index contributed by atoms with van der Waals surface area (Å²) >= 11 is 0. The predicted molar refractivity (Wildman–Crippen MR) is 76.9 cm³/mol. The van der Waals surface area contributed by atoms with Crippen molar-refractivity contribution in [2.45, 2.75) is 27.3 Å². The molecule has 1 aromatic carbocycles. The van der Waals surface area contributed by atoms with Crippen molar-refractivity contribution < 1.29 is 9.59 Å². The third-order valence-electron chi connectivity index (χ3n) is 3.27. The lowest BCUT2D eigenvalue weighted by Gasteiger charge is -2.09. The molecule has 0 aliphatic rings. The van der Waals surface area contributed by atoms with Crippen molar-refractivity contribution in [1.82, 2.24) is 9.78 Å². The number of carbonyl (C=O) groups excluding carboxylic acids is 2. The molecule has 0 bridgehead atoms. The molecule has 104 valence electrons. The van der Waals surface area contributed by atoms with E-state index in [9.17, 15) is 9.59 Å². The number of carbonyl (C=O) groups is 2. The van der Waals surface area contributed by atoms with E-state index >= 15 is 0 Å². The monoisotopic (exact) mass is 271 g/mol. The average molecular weight is 271 g/mol. The third-order valence-corrected chi connectivity index (χ3v) is 3.27. The van der Waals surface area contributed by atoms with E-state index in [0.717, 1.165) is 17.5 Å². The first kappa shape index (κ1) is 14.0. The molecule has 2 rings (SSSR count). The summed E-state index contributed by atoms with van der Waals surface area (Å²) < 4.78 is 1.55. The molecule has 0 unspecified atom stereocenters. The SMILES string of the molecule is Cc1ccccc1NC(=O)Cn1nc(C)c(C=O)c1C. The predicted octanol–water partition coefficient (Wildman–Crippen LogP) is 2.26. The van der Waals surface area contributed by atoms with Crippen LogP contribution in [-0.2, 0) is 11.3 Å². The van der Waals surface area contributed by atoms with Crippen LogP contribution in [-0.4, -0.2) is 22.0 Å². The molecule has 1 aromatic heterocycles. The van der Waals surface area contributed by atoms with Gasteiger partial charge in [-0.15, -0.1) is 0 Å². The number of aryl methyl sites for hydroxylation is 2. The molecule has 0 aliphatic carbocycles. The lowest BCUT2D eigenvalue weighted by atomic mass is 10.2. The van der Waals surface area contributed by atoms with Crippen LogP contribution in [0.4, 0.5) is 5.69 Å². The molecule has 0 fully saturated rings. The number of para-hydroxylation sites is 1. The number of rotatable bonds is 4. The minimum atomic E-state index is -0.164. The number of hydrogen-bond donors (Lipinski definition) is 1. The fourth-order valence-electron chi connectivity index (χ4n) is 2.07. The van der Waals surface area contributed by atoms with E-state index in [1.807, 2.05) is 31.2 Å². The number of aromatic nitrogens is 2. The normalized spacial score (nSPS) is 10.3. The Labute approximate surface area is 117 Å². The van der Waals surface area contributed by atoms with Gasteiger partial charge < -0.3 is 5.32 Å². The summed E-state index contributed by atoms with van der Waals surface area (Å²) in [4.78, 5) is 23.0. The van der Waals surface area contributed by atoms with Crippen molar-refractivity contribution in [2.75, 3.05) is 5.32 Å². The highest BCUT2D eigenvalue weighted by Gasteiger charge is 2.13. The lowest BCUT2D eigenvalue weighted by Crippen LogP contribution is -2.20. The molecule has 2 aromatic rings. The van der Waals surface area contributed by atoms with E-state index in [1.165, 1.54) is 0 Å². The molecule has 5 heteroatoms. The van der Waals surface area contributed by atoms with Crippen molar-refractivity contribution in [3.63, 3.8) is 0 Å². The van der Waals surface area contributed by atoms with Crippen LogP contribution >= 0.6 is 0 Å². The molecule has 1 N–H and O–H groups in total. The van der Waals surface area contributed by atoms with E-state index in [4.69, 9.17) is 0 Å². The maximum absolute atomic E-state index is 12.0. The first-order valence-electron chi connectivity index (χ1n) is 6.37. The molecule has 5 nitrogen and oxygen atoms in total. The summed E-state index contributed by atoms with van der Waals surface area (Å²) in [7, 11) is 0. The Morgan fingerprint density at radius 3 is 2.60 bits per heavy atom. The Morgan fingerprint density at radius 2 is 2.00 bits per heavy atom. The second kappa shape index (κ2) is 5.69. The number of nitrogens with zero attached hydrogens (tertiary/aromatic N) is 2. The second-order valence-corrected chi connectivity index (χ2v) is 4.72. The smallest absolute Gasteiger partial charge is 0.246 e. The molecule has 1 amide bonds. The zero-order chi connectivity index (χ0) is 14.7. The summed E-state index contributed by atoms with van der Waals surface area (Å²) in [6.45, 7) is 5.57. The molecule has 0 saturated heterocycles. The maximum Gasteiger partial charge on any atom is 0.246 e. The van der Waals surface area contributed by atoms with Gasteiger partial charge in [0.15, 0.2) is 6.29 Å². The van der Waals surface area contributed by atoms with Crippen molar-refractivity contribution in [3.05, 3.63) is 46.8 Å². The minimum absolute atomic E-state index is 0.0921. The van der Waals surface area contributed by atoms with Crippen LogP contribution in [0, 0.1) is 20.8 Å². The van der Waals surface area contributed by atoms with Crippen LogP contribution in [0.2, 0.25) is 0 Å². The highest BCUT2D eigenvalue weighted by atomic mass is 16.2. The fraction of sp³-hybridized carbons (Fsp3) is 0.267. The quantitative estimate of drug-likeness (QED) is 0.867. The highest BCUT2D eigenvalue weighted by molar-refractivity contribution is 5.91. The number of anilines is 1. The molecular formula is C15H17N3O2. The number of amides is 1. The van der Waals surface area contributed by atoms with Gasteiger partial charge in [0, 0.05) is 11.4 Å². The summed E-state index contributed by atoms with van der Waals surface area (Å²) in [6, 6.07) is 7.58. The Balaban J connectivity index is 2.13. The van der Waals surface area contributed by atoms with Gasteiger partial charge in [0.1, 0.15) is 6.54 Å². The van der Waals surface area contributed by atoms with Crippen LogP contribution in [0.15, 0.2) is 24.3 Å². The maximum atomic E-state index is 12.0. The largest absolute Gasteiger partial charge is 0.324 e. The van der Waals surface area contributed by atoms with Crippen LogP contribution < -0.4 is 5.32 Å². The molecule has 1 heterocycles. The van der Waals surface area contributed by atoms with Crippen LogP contribution in [0.5, 0.6) is 0 Å². The fourth-order valence-corrected chi connectivity index (χ4v) is 2.07. The van der Waals surface area contributed by atoms with Gasteiger partial charge in [0.25, 0.3) is 0 Å². The highest BCUT2D eigenvalue weighted by Crippen LogP contribution is 2.14. The van der Waals surface area contributed by atoms with Gasteiger partial charge in [-0.05, 0) is 32.4 Å². The number of nitrogens with one attached hydrogen (secondary N) is 1. The summed E-state index contributed by atoms with van der Waals surface area (Å²) in [6.07, 6.45) is 0.771. The summed E-state index contributed by atoms with van der Waals surface area (Å²) in [5.41, 5.74) is 3.68. The van der Waals surface area contributed by atoms with Crippen molar-refractivity contribution >= 4 is 17.9 Å². The van der Waals surface area contributed by atoms with Gasteiger partial charge in [-0.2, -0.15) is 5.10 Å². The number of hydrogen-bond acceptors (Lipinski definition) is 3. The van der Waals surface area contributed by atoms with E-state index < -0.39 is 0 Å². The first-order valence-corrected chi connectivity index (χ1v) is 6.37. The zero-order valence-electron chi connectivity index (χ0n) is 11.8. The Hall–Kier alpha value is -2.43. The van der Waals surface area contributed by atoms with Crippen molar-refractivity contribution in [1.29, 1.82) is 0 Å². The van der Waals surface area contributed by atoms with Crippen LogP contribution in [0.25, 0.3) is 0 Å². The average Bonchev–Trinajstić information content (AvgIpc) is 2.67. The summed E-state index contributed by atoms with van der Waals surface area (Å²) in [5.74, 6) is -0.164. The van der Waals surface area contributed by atoms with Crippen LogP contribution in [0.3, 0.4) is 0 Å². The van der Waals surface area contributed by atoms with Gasteiger partial charge >= 0.3 is 0 Å². The van der Waals surface area contributed by atoms with Gasteiger partial charge in [-0.3, -0.25) is 14.3 Å². The van der Waals surface area contributed by atoms with Gasteiger partial charge in [0.2, 0.25) is 5.91 Å². The molecule has 0 spiro atoms. The Bertz CT molecular complexity index is 659. The topological polar surface area (TPSA) is 64.0 Å². The molecule has 20 heavy (non-hydrogen) atoms. The van der Waals surface area contributed by atoms with Crippen molar-refractivity contribution in [3.8, 4) is 0 Å². The van der Waals surface area contributed by atoms with Crippen LogP contribution in [0.1, 0.15) is 27.3 Å². The molecule has 0 radical (unpaired) electrons. The third kappa shape index (κ3) is 2.77. The Morgan fingerprint density at radius 1 is 1.30 bits per heavy atom. The molecular weight excluding hydrogens is 254 g/mol. The van der Waals surface area contributed by atoms with E-state index in [2.05, 4.69) is 10.4 Å². The zero-order valence-corrected chi connectivity index (χ0v) is 11.8. The van der Waals surface area contributed by atoms with Gasteiger partial charge in [-0.1, -0.05) is 18.2 Å². The molecule has 0 aliphatic heterocycles. The van der Waals surface area contributed by atoms with Gasteiger partial charge in [0.05, 0.1) is 11.3 Å². The molecule has 0 atom stereocenters. The summed E-state index contributed by atoms with van der Waals surface area (Å²) in [5, 5.41) is 7.05. The Kier molecular flexibility index (Phi) is 3.98. The minimum Gasteiger partial charge on any atom is -0.324 e. The molecule has 0 saturated carbocycles. The van der Waals surface area contributed by atoms with Gasteiger partial charge in [-0.25, -0.2) is 0 Å². The second-order valence-electron chi connectivity index (χ2n) is 4.72. The first-order chi connectivity index (χ1) is 9.52. The van der Waals surface area contributed by atoms with E-state index in [-0.39, 0.29) is 12.5 Å². The standard InChI is InChI=1S/C15H17N3O2/c1-10-6-4-5-7-14(10)16-15(20)8-18-12(3)13(9-19)11(2)17-18/h4-7,9H,8H2,1-3H3,(H,16,20). The number of aldehydes is 1. The van der Waals surface area contributed by atoms with E-state index in [0.29, 0.717) is 17.0 Å².